The number of anilines is 1. The quantitative estimate of drug-likeness (QED) is 0.0192. The minimum absolute atomic E-state index is 0.151. The van der Waals surface area contributed by atoms with Gasteiger partial charge in [0.2, 0.25) is 0 Å². The molecular formula is C37H24N8O27S7. The van der Waals surface area contributed by atoms with E-state index in [-0.39, 0.29) is 18.2 Å². The Morgan fingerprint density at radius 1 is 0.443 bits per heavy atom. The SMILES string of the molecule is Nc1c(N=Nc2ccc3c(O)c(N=Nc4c(S(=O)(=O)O)ccc5c(S(=O)(=O)O)cc(S(=O)(=O)O)cc45)c(S(=O)(=O)O)cc3c2S(=O)(=O)O)cc(S(=O)(=O)O)c2cc(S(=O)(=O)O)c(N=Nc3ccc([N+](=O)[O-])cc3C(=O)O)c(O)c12. The van der Waals surface area contributed by atoms with E-state index in [1.165, 1.54) is 0 Å². The summed E-state index contributed by atoms with van der Waals surface area (Å²) in [6.45, 7) is 0. The molecule has 7 aromatic rings. The van der Waals surface area contributed by atoms with Gasteiger partial charge in [0, 0.05) is 39.1 Å². The Morgan fingerprint density at radius 2 is 0.911 bits per heavy atom. The van der Waals surface area contributed by atoms with Crippen LogP contribution in [0.2, 0.25) is 0 Å². The predicted octanol–water partition coefficient (Wildman–Crippen LogP) is 5.72. The lowest BCUT2D eigenvalue weighted by molar-refractivity contribution is -0.384. The molecular weight excluding hydrogens is 1210 g/mol. The summed E-state index contributed by atoms with van der Waals surface area (Å²) in [5, 5.41) is 58.8. The number of phenols is 2. The number of carboxylic acid groups (broad SMARTS) is 1. The van der Waals surface area contributed by atoms with Crippen LogP contribution in [0, 0.1) is 10.1 Å². The first kappa shape index (κ1) is 58.4. The predicted molar refractivity (Wildman–Crippen MR) is 261 cm³/mol. The maximum atomic E-state index is 13.1. The molecule has 0 heterocycles. The molecule has 42 heteroatoms. The molecule has 7 rings (SSSR count). The van der Waals surface area contributed by atoms with Crippen LogP contribution in [-0.4, -0.2) is 117 Å². The van der Waals surface area contributed by atoms with Crippen molar-refractivity contribution in [2.45, 2.75) is 34.3 Å². The maximum absolute atomic E-state index is 13.1. The maximum Gasteiger partial charge on any atom is 0.338 e. The molecule has 0 aliphatic heterocycles. The van der Waals surface area contributed by atoms with E-state index < -0.39 is 211 Å². The number of nitrogens with two attached hydrogens (primary N) is 1. The lowest BCUT2D eigenvalue weighted by Gasteiger charge is -2.15. The monoisotopic (exact) mass is 1240 g/mol. The van der Waals surface area contributed by atoms with Gasteiger partial charge in [-0.3, -0.25) is 42.0 Å². The Balaban J connectivity index is 1.48. The Hall–Kier alpha value is -8.24. The second-order valence-corrected chi connectivity index (χ2v) is 25.2. The summed E-state index contributed by atoms with van der Waals surface area (Å²) in [5.41, 5.74) is -3.56. The van der Waals surface area contributed by atoms with Crippen molar-refractivity contribution in [3.8, 4) is 11.5 Å². The number of non-ortho nitro benzene ring substituents is 1. The number of nitro benzene ring substituents is 1. The number of phenolic OH excluding ortho intramolecular Hbond substituents is 2. The summed E-state index contributed by atoms with van der Waals surface area (Å²) in [6, 6.07) is 5.41. The number of aromatic hydroxyl groups is 2. The highest BCUT2D eigenvalue weighted by Crippen LogP contribution is 2.50. The second kappa shape index (κ2) is 19.6. The topological polar surface area (TPSA) is 602 Å². The normalized spacial score (nSPS) is 13.4. The molecule has 0 aliphatic carbocycles. The van der Waals surface area contributed by atoms with Gasteiger partial charge in [0.25, 0.3) is 76.5 Å². The number of rotatable bonds is 15. The minimum Gasteiger partial charge on any atom is -0.505 e. The summed E-state index contributed by atoms with van der Waals surface area (Å²) in [5.74, 6) is -4.94. The van der Waals surface area contributed by atoms with Gasteiger partial charge >= 0.3 is 5.97 Å². The van der Waals surface area contributed by atoms with Crippen LogP contribution in [0.25, 0.3) is 32.3 Å². The van der Waals surface area contributed by atoms with E-state index in [4.69, 9.17) is 5.73 Å². The van der Waals surface area contributed by atoms with Crippen LogP contribution >= 0.6 is 0 Å². The molecule has 0 radical (unpaired) electrons. The van der Waals surface area contributed by atoms with Crippen LogP contribution in [0.1, 0.15) is 10.4 Å². The van der Waals surface area contributed by atoms with Crippen LogP contribution in [0.5, 0.6) is 11.5 Å². The smallest absolute Gasteiger partial charge is 0.338 e. The Labute approximate surface area is 438 Å². The van der Waals surface area contributed by atoms with E-state index in [2.05, 4.69) is 30.7 Å². The van der Waals surface area contributed by atoms with Crippen LogP contribution in [0.3, 0.4) is 0 Å². The Morgan fingerprint density at radius 3 is 1.43 bits per heavy atom. The highest BCUT2D eigenvalue weighted by molar-refractivity contribution is 7.88. The highest BCUT2D eigenvalue weighted by atomic mass is 32.2. The van der Waals surface area contributed by atoms with Gasteiger partial charge in [0.1, 0.15) is 63.5 Å². The van der Waals surface area contributed by atoms with Crippen molar-refractivity contribution < 1.29 is 116 Å². The molecule has 0 unspecified atom stereocenters. The highest BCUT2D eigenvalue weighted by Gasteiger charge is 2.32. The van der Waals surface area contributed by atoms with Crippen LogP contribution in [-0.2, 0) is 70.8 Å². The van der Waals surface area contributed by atoms with E-state index in [0.29, 0.717) is 48.5 Å². The fraction of sp³-hybridized carbons (Fsp3) is 0. The number of nitrogens with zero attached hydrogens (tertiary/aromatic N) is 7. The molecule has 7 aromatic carbocycles. The van der Waals surface area contributed by atoms with Crippen molar-refractivity contribution in [2.24, 2.45) is 30.7 Å². The summed E-state index contributed by atoms with van der Waals surface area (Å²) in [6.07, 6.45) is 0. The van der Waals surface area contributed by atoms with Crippen LogP contribution < -0.4 is 5.73 Å². The van der Waals surface area contributed by atoms with E-state index in [0.717, 1.165) is 6.07 Å². The third-order valence-electron chi connectivity index (χ3n) is 10.6. The summed E-state index contributed by atoms with van der Waals surface area (Å²) in [7, 11) is -39.6. The number of hydrogen-bond acceptors (Lipinski definition) is 26. The number of carbonyl (C=O) groups is 1. The van der Waals surface area contributed by atoms with E-state index in [9.17, 15) is 121 Å². The van der Waals surface area contributed by atoms with Crippen molar-refractivity contribution in [1.29, 1.82) is 0 Å². The van der Waals surface area contributed by atoms with Crippen molar-refractivity contribution in [3.05, 3.63) is 88.5 Å². The zero-order valence-electron chi connectivity index (χ0n) is 37.4. The molecule has 0 saturated carbocycles. The number of fused-ring (bicyclic) bond motifs is 3. The van der Waals surface area contributed by atoms with Crippen molar-refractivity contribution >= 4 is 155 Å². The zero-order chi connectivity index (χ0) is 59.2. The number of carboxylic acids is 1. The van der Waals surface area contributed by atoms with E-state index in [1.807, 2.05) is 0 Å². The molecule has 0 spiro atoms. The molecule has 12 N–H and O–H groups in total. The third-order valence-corrected chi connectivity index (χ3v) is 16.8. The average Bonchev–Trinajstić information content (AvgIpc) is 3.32. The number of hydrogen-bond donors (Lipinski definition) is 11. The first-order valence-electron chi connectivity index (χ1n) is 19.7. The van der Waals surface area contributed by atoms with Gasteiger partial charge in [0.05, 0.1) is 26.5 Å². The summed E-state index contributed by atoms with van der Waals surface area (Å²) in [4.78, 5) is 11.9. The van der Waals surface area contributed by atoms with Gasteiger partial charge in [0.15, 0.2) is 11.5 Å². The summed E-state index contributed by atoms with van der Waals surface area (Å²) >= 11 is 0. The third kappa shape index (κ3) is 11.4. The molecule has 0 atom stereocenters. The lowest BCUT2D eigenvalue weighted by Crippen LogP contribution is -2.06. The van der Waals surface area contributed by atoms with Gasteiger partial charge in [-0.25, -0.2) is 4.79 Å². The van der Waals surface area contributed by atoms with E-state index >= 15 is 0 Å². The molecule has 416 valence electrons. The number of benzene rings is 7. The molecule has 0 saturated heterocycles. The van der Waals surface area contributed by atoms with Crippen molar-refractivity contribution in [3.63, 3.8) is 0 Å². The van der Waals surface area contributed by atoms with Crippen molar-refractivity contribution in [2.75, 3.05) is 5.73 Å². The van der Waals surface area contributed by atoms with Gasteiger partial charge in [-0.05, 0) is 54.6 Å². The first-order valence-corrected chi connectivity index (χ1v) is 29.8. The molecule has 35 nitrogen and oxygen atoms in total. The fourth-order valence-electron chi connectivity index (χ4n) is 7.34. The van der Waals surface area contributed by atoms with Crippen molar-refractivity contribution in [1.82, 2.24) is 0 Å². The number of nitro groups is 1. The molecule has 79 heavy (non-hydrogen) atoms. The number of aromatic carboxylic acids is 1. The fourth-order valence-corrected chi connectivity index (χ4v) is 12.1. The van der Waals surface area contributed by atoms with Crippen LogP contribution in [0.4, 0.5) is 45.5 Å². The van der Waals surface area contributed by atoms with Gasteiger partial charge in [-0.2, -0.15) is 58.9 Å². The minimum atomic E-state index is -5.89. The number of nitrogen functional groups attached to an aromatic ring is 1. The van der Waals surface area contributed by atoms with Gasteiger partial charge in [-0.15, -0.1) is 30.7 Å². The lowest BCUT2D eigenvalue weighted by atomic mass is 10.0. The number of azo groups is 3. The largest absolute Gasteiger partial charge is 0.505 e. The van der Waals surface area contributed by atoms with Crippen LogP contribution in [0.15, 0.2) is 138 Å². The first-order chi connectivity index (χ1) is 36.0. The molecule has 0 bridgehead atoms. The Kier molecular flexibility index (Phi) is 14.5. The molecule has 0 aliphatic rings. The zero-order valence-corrected chi connectivity index (χ0v) is 43.1. The van der Waals surface area contributed by atoms with Gasteiger partial charge < -0.3 is 21.1 Å². The van der Waals surface area contributed by atoms with E-state index in [1.54, 1.807) is 0 Å². The van der Waals surface area contributed by atoms with Gasteiger partial charge in [-0.1, -0.05) is 6.07 Å². The molecule has 0 amide bonds. The second-order valence-electron chi connectivity index (χ2n) is 15.5. The molecule has 0 fully saturated rings. The standard InChI is InChI=1S/C37H24N8O27S7/c38-30-23(12-26(76(61,62)63)20-11-28(78(67,68)69)33(35(47)29(20)30)43-39-21-4-1-13(45(50)51)7-19(21)37(48)49)41-40-22-5-2-16-18(36(22)79(70,71)72)10-27(77(64,65)66)32(34(16)46)44-42-31-17-8-14(73(52,53)54)9-25(75(58,59)60)15(17)3-6-24(31)74(55,56)57/h1-12,46-47H,38H2,(H,48,49)(H,52,53,54)(H,55,56,57)(H,58,59,60)(H,61,62,63)(H,64,65,66)(H,67,68,69)(H,70,71,72). The molecule has 0 aromatic heterocycles. The summed E-state index contributed by atoms with van der Waals surface area (Å²) < 4.78 is 247. The Bertz CT molecular complexity index is 4900. The average molecular weight is 1240 g/mol.